The average molecular weight is 306 g/mol. The summed E-state index contributed by atoms with van der Waals surface area (Å²) >= 11 is 0. The van der Waals surface area contributed by atoms with Gasteiger partial charge in [-0.25, -0.2) is 4.98 Å². The molecule has 0 fully saturated rings. The predicted octanol–water partition coefficient (Wildman–Crippen LogP) is 1.50. The fourth-order valence-electron chi connectivity index (χ4n) is 2.74. The maximum atomic E-state index is 12.8. The molecule has 0 saturated heterocycles. The molecule has 0 spiro atoms. The van der Waals surface area contributed by atoms with Crippen LogP contribution in [0.5, 0.6) is 0 Å². The molecule has 114 valence electrons. The number of hydrogen-bond acceptors (Lipinski definition) is 5. The summed E-state index contributed by atoms with van der Waals surface area (Å²) < 4.78 is 3.27. The topological polar surface area (TPSA) is 78.0 Å². The Kier molecular flexibility index (Phi) is 2.94. The van der Waals surface area contributed by atoms with E-state index in [0.29, 0.717) is 29.2 Å². The summed E-state index contributed by atoms with van der Waals surface area (Å²) in [6, 6.07) is 5.68. The molecule has 0 amide bonds. The Morgan fingerprint density at radius 1 is 1.17 bits per heavy atom. The van der Waals surface area contributed by atoms with Crippen molar-refractivity contribution in [3.05, 3.63) is 64.2 Å². The van der Waals surface area contributed by atoms with Crippen molar-refractivity contribution in [1.82, 2.24) is 29.1 Å². The van der Waals surface area contributed by atoms with Crippen LogP contribution in [0.15, 0.2) is 41.6 Å². The van der Waals surface area contributed by atoms with Gasteiger partial charge in [-0.3, -0.25) is 9.78 Å². The number of nitrogens with zero attached hydrogens (tertiary/aromatic N) is 6. The van der Waals surface area contributed by atoms with Crippen molar-refractivity contribution in [3.8, 4) is 0 Å². The first-order chi connectivity index (χ1) is 11.1. The second kappa shape index (κ2) is 4.98. The zero-order valence-corrected chi connectivity index (χ0v) is 12.8. The number of aromatic nitrogens is 6. The van der Waals surface area contributed by atoms with Crippen LogP contribution in [0, 0.1) is 13.8 Å². The Bertz CT molecular complexity index is 1080. The molecule has 0 atom stereocenters. The molecule has 4 aromatic rings. The van der Waals surface area contributed by atoms with Crippen LogP contribution in [0.4, 0.5) is 0 Å². The molecule has 0 N–H and O–H groups in total. The maximum Gasteiger partial charge on any atom is 0.262 e. The Balaban J connectivity index is 1.96. The highest BCUT2D eigenvalue weighted by atomic mass is 16.1. The molecule has 0 radical (unpaired) electrons. The van der Waals surface area contributed by atoms with Gasteiger partial charge in [-0.15, -0.1) is 5.10 Å². The first-order valence-electron chi connectivity index (χ1n) is 7.25. The van der Waals surface area contributed by atoms with Gasteiger partial charge in [0.15, 0.2) is 0 Å². The van der Waals surface area contributed by atoms with Crippen LogP contribution in [-0.4, -0.2) is 29.1 Å². The van der Waals surface area contributed by atoms with E-state index in [0.717, 1.165) is 11.1 Å². The van der Waals surface area contributed by atoms with Crippen molar-refractivity contribution < 1.29 is 0 Å². The number of rotatable bonds is 2. The standard InChI is InChI=1S/C16H14N6O/c1-10-14-13(22-16(18-10)19-11(2)20-22)5-7-21(15(14)23)9-12-4-3-6-17-8-12/h3-8H,9H2,1-2H3. The van der Waals surface area contributed by atoms with Crippen molar-refractivity contribution in [3.63, 3.8) is 0 Å². The van der Waals surface area contributed by atoms with Gasteiger partial charge in [0, 0.05) is 18.6 Å². The van der Waals surface area contributed by atoms with E-state index in [1.165, 1.54) is 0 Å². The Hall–Kier alpha value is -3.09. The number of hydrogen-bond donors (Lipinski definition) is 0. The van der Waals surface area contributed by atoms with Crippen molar-refractivity contribution in [2.45, 2.75) is 20.4 Å². The summed E-state index contributed by atoms with van der Waals surface area (Å²) in [5.74, 6) is 1.14. The van der Waals surface area contributed by atoms with Gasteiger partial charge >= 0.3 is 0 Å². The lowest BCUT2D eigenvalue weighted by Gasteiger charge is -2.09. The largest absolute Gasteiger partial charge is 0.310 e. The quantitative estimate of drug-likeness (QED) is 0.561. The van der Waals surface area contributed by atoms with Gasteiger partial charge in [0.2, 0.25) is 0 Å². The second-order valence-electron chi connectivity index (χ2n) is 5.44. The molecule has 4 rings (SSSR count). The predicted molar refractivity (Wildman–Crippen MR) is 85.4 cm³/mol. The van der Waals surface area contributed by atoms with E-state index in [9.17, 15) is 4.79 Å². The zero-order valence-electron chi connectivity index (χ0n) is 12.8. The third-order valence-corrected chi connectivity index (χ3v) is 3.77. The van der Waals surface area contributed by atoms with Gasteiger partial charge in [0.25, 0.3) is 11.3 Å². The summed E-state index contributed by atoms with van der Waals surface area (Å²) in [6.07, 6.45) is 5.24. The third kappa shape index (κ3) is 2.17. The third-order valence-electron chi connectivity index (χ3n) is 3.77. The average Bonchev–Trinajstić information content (AvgIpc) is 2.91. The molecule has 4 aromatic heterocycles. The molecule has 0 aromatic carbocycles. The highest BCUT2D eigenvalue weighted by Crippen LogP contribution is 2.14. The van der Waals surface area contributed by atoms with Crippen LogP contribution >= 0.6 is 0 Å². The summed E-state index contributed by atoms with van der Waals surface area (Å²) in [5, 5.41) is 4.89. The van der Waals surface area contributed by atoms with Crippen LogP contribution in [-0.2, 0) is 6.54 Å². The van der Waals surface area contributed by atoms with E-state index >= 15 is 0 Å². The van der Waals surface area contributed by atoms with Gasteiger partial charge in [-0.2, -0.15) is 9.50 Å². The first kappa shape index (κ1) is 13.6. The van der Waals surface area contributed by atoms with E-state index in [2.05, 4.69) is 20.1 Å². The monoisotopic (exact) mass is 306 g/mol. The highest BCUT2D eigenvalue weighted by Gasteiger charge is 2.13. The molecule has 7 nitrogen and oxygen atoms in total. The summed E-state index contributed by atoms with van der Waals surface area (Å²) in [4.78, 5) is 25.6. The van der Waals surface area contributed by atoms with Crippen LogP contribution in [0.3, 0.4) is 0 Å². The summed E-state index contributed by atoms with van der Waals surface area (Å²) in [7, 11) is 0. The Morgan fingerprint density at radius 2 is 2.04 bits per heavy atom. The first-order valence-corrected chi connectivity index (χ1v) is 7.25. The highest BCUT2D eigenvalue weighted by molar-refractivity contribution is 5.81. The molecule has 0 aliphatic carbocycles. The van der Waals surface area contributed by atoms with Crippen molar-refractivity contribution >= 4 is 16.7 Å². The van der Waals surface area contributed by atoms with Gasteiger partial charge < -0.3 is 4.57 Å². The maximum absolute atomic E-state index is 12.8. The van der Waals surface area contributed by atoms with E-state index in [1.807, 2.05) is 25.1 Å². The van der Waals surface area contributed by atoms with Crippen LogP contribution in [0.1, 0.15) is 17.1 Å². The van der Waals surface area contributed by atoms with Crippen LogP contribution in [0.25, 0.3) is 16.7 Å². The fraction of sp³-hybridized carbons (Fsp3) is 0.188. The Morgan fingerprint density at radius 3 is 2.83 bits per heavy atom. The molecule has 7 heteroatoms. The molecule has 0 bridgehead atoms. The molecular weight excluding hydrogens is 292 g/mol. The molecule has 0 saturated carbocycles. The van der Waals surface area contributed by atoms with E-state index in [-0.39, 0.29) is 5.56 Å². The van der Waals surface area contributed by atoms with E-state index in [1.54, 1.807) is 34.6 Å². The normalized spacial score (nSPS) is 11.4. The fourth-order valence-corrected chi connectivity index (χ4v) is 2.74. The minimum Gasteiger partial charge on any atom is -0.310 e. The molecule has 0 aliphatic rings. The van der Waals surface area contributed by atoms with E-state index < -0.39 is 0 Å². The van der Waals surface area contributed by atoms with Gasteiger partial charge in [-0.1, -0.05) is 6.07 Å². The molecule has 0 unspecified atom stereocenters. The SMILES string of the molecule is Cc1nc2nc(C)c3c(=O)n(Cc4cccnc4)ccc3n2n1. The van der Waals surface area contributed by atoms with Crippen LogP contribution < -0.4 is 5.56 Å². The lowest BCUT2D eigenvalue weighted by molar-refractivity contribution is 0.761. The molecular formula is C16H14N6O. The number of fused-ring (bicyclic) bond motifs is 3. The number of aryl methyl sites for hydroxylation is 2. The Labute approximate surface area is 131 Å². The number of pyridine rings is 2. The molecule has 0 aliphatic heterocycles. The summed E-state index contributed by atoms with van der Waals surface area (Å²) in [6.45, 7) is 4.10. The second-order valence-corrected chi connectivity index (χ2v) is 5.44. The van der Waals surface area contributed by atoms with Gasteiger partial charge in [0.1, 0.15) is 5.82 Å². The zero-order chi connectivity index (χ0) is 16.0. The smallest absolute Gasteiger partial charge is 0.262 e. The van der Waals surface area contributed by atoms with Crippen molar-refractivity contribution in [2.75, 3.05) is 0 Å². The lowest BCUT2D eigenvalue weighted by atomic mass is 10.2. The van der Waals surface area contributed by atoms with Gasteiger partial charge in [-0.05, 0) is 31.5 Å². The minimum absolute atomic E-state index is 0.0913. The van der Waals surface area contributed by atoms with Crippen molar-refractivity contribution in [2.24, 2.45) is 0 Å². The lowest BCUT2D eigenvalue weighted by Crippen LogP contribution is -2.22. The van der Waals surface area contributed by atoms with Crippen LogP contribution in [0.2, 0.25) is 0 Å². The van der Waals surface area contributed by atoms with E-state index in [4.69, 9.17) is 0 Å². The van der Waals surface area contributed by atoms with Crippen molar-refractivity contribution in [1.29, 1.82) is 0 Å². The summed E-state index contributed by atoms with van der Waals surface area (Å²) in [5.41, 5.74) is 2.26. The van der Waals surface area contributed by atoms with Gasteiger partial charge in [0.05, 0.1) is 23.1 Å². The minimum atomic E-state index is -0.0913. The molecule has 23 heavy (non-hydrogen) atoms. The molecule has 4 heterocycles.